The topological polar surface area (TPSA) is 84.7 Å². The third-order valence-corrected chi connectivity index (χ3v) is 3.06. The molecule has 1 amide bonds. The van der Waals surface area contributed by atoms with E-state index >= 15 is 0 Å². The summed E-state index contributed by atoms with van der Waals surface area (Å²) in [6.45, 7) is 4.07. The number of hydrogen-bond donors (Lipinski definition) is 1. The van der Waals surface area contributed by atoms with Gasteiger partial charge in [-0.3, -0.25) is 4.79 Å². The first-order valence-electron chi connectivity index (χ1n) is 6.26. The summed E-state index contributed by atoms with van der Waals surface area (Å²) in [6.07, 6.45) is 1.60. The molecule has 0 saturated heterocycles. The molecule has 2 rings (SSSR count). The van der Waals surface area contributed by atoms with Crippen LogP contribution in [0, 0.1) is 11.3 Å². The lowest BCUT2D eigenvalue weighted by Crippen LogP contribution is -2.21. The van der Waals surface area contributed by atoms with Crippen LogP contribution in [0.1, 0.15) is 35.7 Å². The third-order valence-electron chi connectivity index (χ3n) is 3.06. The predicted octanol–water partition coefficient (Wildman–Crippen LogP) is 1.83. The number of imidazole rings is 1. The van der Waals surface area contributed by atoms with Crippen molar-refractivity contribution in [2.75, 3.05) is 0 Å². The van der Waals surface area contributed by atoms with E-state index in [-0.39, 0.29) is 5.69 Å². The van der Waals surface area contributed by atoms with Crippen molar-refractivity contribution in [3.05, 3.63) is 53.6 Å². The molecule has 0 fully saturated rings. The Morgan fingerprint density at radius 2 is 2.05 bits per heavy atom. The van der Waals surface area contributed by atoms with E-state index in [4.69, 9.17) is 5.73 Å². The van der Waals surface area contributed by atoms with Crippen molar-refractivity contribution in [3.8, 4) is 6.07 Å². The standard InChI is InChI=1S/C15H16N4O/c1-15(2,10-16)14-18-12(13(17)20)9-19(14)8-11-6-4-3-5-7-11/h3-7,9H,8H2,1-2H3,(H2,17,20). The first-order valence-corrected chi connectivity index (χ1v) is 6.26. The summed E-state index contributed by atoms with van der Waals surface area (Å²) in [5.74, 6) is -0.0514. The van der Waals surface area contributed by atoms with Crippen LogP contribution in [0.2, 0.25) is 0 Å². The summed E-state index contributed by atoms with van der Waals surface area (Å²) in [5, 5.41) is 9.27. The van der Waals surface area contributed by atoms with Gasteiger partial charge in [-0.25, -0.2) is 4.98 Å². The summed E-state index contributed by atoms with van der Waals surface area (Å²) in [7, 11) is 0. The second-order valence-electron chi connectivity index (χ2n) is 5.16. The Hall–Kier alpha value is -2.61. The zero-order valence-electron chi connectivity index (χ0n) is 11.5. The highest BCUT2D eigenvalue weighted by Crippen LogP contribution is 2.22. The number of nitrogens with zero attached hydrogens (tertiary/aromatic N) is 3. The van der Waals surface area contributed by atoms with Crippen molar-refractivity contribution in [2.24, 2.45) is 5.73 Å². The number of nitriles is 1. The highest BCUT2D eigenvalue weighted by Gasteiger charge is 2.27. The molecule has 20 heavy (non-hydrogen) atoms. The molecule has 0 aliphatic heterocycles. The maximum absolute atomic E-state index is 11.3. The van der Waals surface area contributed by atoms with E-state index in [1.807, 2.05) is 30.3 Å². The number of hydrogen-bond acceptors (Lipinski definition) is 3. The molecule has 0 saturated carbocycles. The first kappa shape index (κ1) is 13.8. The van der Waals surface area contributed by atoms with Crippen molar-refractivity contribution in [2.45, 2.75) is 25.8 Å². The highest BCUT2D eigenvalue weighted by molar-refractivity contribution is 5.90. The monoisotopic (exact) mass is 268 g/mol. The van der Waals surface area contributed by atoms with Gasteiger partial charge in [0.1, 0.15) is 16.9 Å². The minimum Gasteiger partial charge on any atom is -0.364 e. The van der Waals surface area contributed by atoms with Crippen molar-refractivity contribution in [1.82, 2.24) is 9.55 Å². The number of primary amides is 1. The average molecular weight is 268 g/mol. The maximum Gasteiger partial charge on any atom is 0.268 e. The molecule has 102 valence electrons. The average Bonchev–Trinajstić information content (AvgIpc) is 2.85. The van der Waals surface area contributed by atoms with E-state index in [1.54, 1.807) is 24.6 Å². The zero-order valence-corrected chi connectivity index (χ0v) is 11.5. The van der Waals surface area contributed by atoms with E-state index in [2.05, 4.69) is 11.1 Å². The van der Waals surface area contributed by atoms with Crippen LogP contribution in [0.5, 0.6) is 0 Å². The Kier molecular flexibility index (Phi) is 3.57. The summed E-state index contributed by atoms with van der Waals surface area (Å²) in [6, 6.07) is 12.0. The predicted molar refractivity (Wildman–Crippen MR) is 74.9 cm³/mol. The fourth-order valence-electron chi connectivity index (χ4n) is 1.98. The lowest BCUT2D eigenvalue weighted by Gasteiger charge is -2.17. The van der Waals surface area contributed by atoms with Gasteiger partial charge < -0.3 is 10.3 Å². The van der Waals surface area contributed by atoms with Crippen LogP contribution in [0.3, 0.4) is 0 Å². The molecule has 1 heterocycles. The van der Waals surface area contributed by atoms with Crippen LogP contribution in [0.25, 0.3) is 0 Å². The summed E-state index contributed by atoms with van der Waals surface area (Å²) >= 11 is 0. The lowest BCUT2D eigenvalue weighted by molar-refractivity contribution is 0.0996. The molecule has 0 bridgehead atoms. The van der Waals surface area contributed by atoms with Gasteiger partial charge in [-0.15, -0.1) is 0 Å². The van der Waals surface area contributed by atoms with Gasteiger partial charge in [0, 0.05) is 12.7 Å². The quantitative estimate of drug-likeness (QED) is 0.918. The van der Waals surface area contributed by atoms with Crippen molar-refractivity contribution in [1.29, 1.82) is 5.26 Å². The second kappa shape index (κ2) is 5.17. The van der Waals surface area contributed by atoms with Crippen molar-refractivity contribution in [3.63, 3.8) is 0 Å². The molecular weight excluding hydrogens is 252 g/mol. The summed E-state index contributed by atoms with van der Waals surface area (Å²) in [4.78, 5) is 15.5. The van der Waals surface area contributed by atoms with E-state index in [0.717, 1.165) is 5.56 Å². The number of benzene rings is 1. The van der Waals surface area contributed by atoms with E-state index in [9.17, 15) is 10.1 Å². The van der Waals surface area contributed by atoms with Gasteiger partial charge in [-0.05, 0) is 19.4 Å². The van der Waals surface area contributed by atoms with Gasteiger partial charge in [0.25, 0.3) is 5.91 Å². The smallest absolute Gasteiger partial charge is 0.268 e. The Bertz CT molecular complexity index is 665. The van der Waals surface area contributed by atoms with Crippen LogP contribution in [-0.2, 0) is 12.0 Å². The maximum atomic E-state index is 11.3. The third kappa shape index (κ3) is 2.69. The molecular formula is C15H16N4O. The Labute approximate surface area is 117 Å². The molecule has 2 N–H and O–H groups in total. The minimum absolute atomic E-state index is 0.180. The molecule has 0 unspecified atom stereocenters. The SMILES string of the molecule is CC(C)(C#N)c1nc(C(N)=O)cn1Cc1ccccc1. The van der Waals surface area contributed by atoms with Gasteiger partial charge >= 0.3 is 0 Å². The minimum atomic E-state index is -0.789. The molecule has 0 aliphatic carbocycles. The number of carbonyl (C=O) groups is 1. The highest BCUT2D eigenvalue weighted by atomic mass is 16.1. The fraction of sp³-hybridized carbons (Fsp3) is 0.267. The van der Waals surface area contributed by atoms with Gasteiger partial charge in [-0.2, -0.15) is 5.26 Å². The molecule has 0 radical (unpaired) electrons. The Balaban J connectivity index is 2.46. The van der Waals surface area contributed by atoms with Crippen LogP contribution < -0.4 is 5.73 Å². The van der Waals surface area contributed by atoms with Gasteiger partial charge in [-0.1, -0.05) is 30.3 Å². The van der Waals surface area contributed by atoms with Crippen LogP contribution in [-0.4, -0.2) is 15.5 Å². The largest absolute Gasteiger partial charge is 0.364 e. The number of nitrogens with two attached hydrogens (primary N) is 1. The van der Waals surface area contributed by atoms with E-state index < -0.39 is 11.3 Å². The van der Waals surface area contributed by atoms with Gasteiger partial charge in [0.2, 0.25) is 0 Å². The molecule has 5 nitrogen and oxygen atoms in total. The molecule has 0 spiro atoms. The first-order chi connectivity index (χ1) is 9.44. The van der Waals surface area contributed by atoms with Crippen LogP contribution >= 0.6 is 0 Å². The Morgan fingerprint density at radius 3 is 2.60 bits per heavy atom. The number of carbonyl (C=O) groups excluding carboxylic acids is 1. The van der Waals surface area contributed by atoms with E-state index in [0.29, 0.717) is 12.4 Å². The normalized spacial score (nSPS) is 11.1. The molecule has 1 aromatic carbocycles. The second-order valence-corrected chi connectivity index (χ2v) is 5.16. The summed E-state index contributed by atoms with van der Waals surface area (Å²) < 4.78 is 1.80. The molecule has 5 heteroatoms. The number of aromatic nitrogens is 2. The van der Waals surface area contributed by atoms with Crippen molar-refractivity contribution < 1.29 is 4.79 Å². The van der Waals surface area contributed by atoms with E-state index in [1.165, 1.54) is 0 Å². The molecule has 0 aliphatic rings. The number of amides is 1. The lowest BCUT2D eigenvalue weighted by atomic mass is 9.94. The summed E-state index contributed by atoms with van der Waals surface area (Å²) in [5.41, 5.74) is 5.73. The molecule has 0 atom stereocenters. The van der Waals surface area contributed by atoms with Gasteiger partial charge in [0.05, 0.1) is 6.07 Å². The van der Waals surface area contributed by atoms with Crippen LogP contribution in [0.15, 0.2) is 36.5 Å². The number of rotatable bonds is 4. The van der Waals surface area contributed by atoms with Crippen molar-refractivity contribution >= 4 is 5.91 Å². The fourth-order valence-corrected chi connectivity index (χ4v) is 1.98. The van der Waals surface area contributed by atoms with Gasteiger partial charge in [0.15, 0.2) is 0 Å². The Morgan fingerprint density at radius 1 is 1.40 bits per heavy atom. The molecule has 1 aromatic heterocycles. The van der Waals surface area contributed by atoms with Crippen LogP contribution in [0.4, 0.5) is 0 Å². The zero-order chi connectivity index (χ0) is 14.8. The molecule has 2 aromatic rings.